The van der Waals surface area contributed by atoms with Crippen LogP contribution in [-0.4, -0.2) is 81.5 Å². The Morgan fingerprint density at radius 3 is 2.83 bits per heavy atom. The molecule has 2 aliphatic heterocycles. The van der Waals surface area contributed by atoms with Crippen molar-refractivity contribution in [2.75, 3.05) is 39.8 Å². The van der Waals surface area contributed by atoms with Gasteiger partial charge in [-0.2, -0.15) is 5.10 Å². The molecular weight excluding hydrogens is 388 g/mol. The van der Waals surface area contributed by atoms with Crippen LogP contribution >= 0.6 is 11.3 Å². The average molecular weight is 417 g/mol. The average Bonchev–Trinajstić information content (AvgIpc) is 3.30. The number of carbonyl (C=O) groups is 2. The van der Waals surface area contributed by atoms with Gasteiger partial charge in [-0.15, -0.1) is 11.3 Å². The molecule has 0 unspecified atom stereocenters. The molecule has 156 valence electrons. The summed E-state index contributed by atoms with van der Waals surface area (Å²) in [6, 6.07) is 0. The topological polar surface area (TPSA) is 85.4 Å². The number of nitrogens with one attached hydrogen (secondary N) is 1. The molecule has 0 atom stereocenters. The number of aromatic nitrogens is 3. The molecule has 0 aromatic carbocycles. The van der Waals surface area contributed by atoms with E-state index in [9.17, 15) is 9.59 Å². The van der Waals surface area contributed by atoms with Gasteiger partial charge in [0.2, 0.25) is 0 Å². The summed E-state index contributed by atoms with van der Waals surface area (Å²) in [6.45, 7) is 6.51. The fourth-order valence-corrected chi connectivity index (χ4v) is 4.84. The first-order valence-corrected chi connectivity index (χ1v) is 11.2. The van der Waals surface area contributed by atoms with Gasteiger partial charge in [-0.05, 0) is 39.3 Å². The Hall–Kier alpha value is -2.26. The van der Waals surface area contributed by atoms with Crippen LogP contribution in [0.4, 0.5) is 0 Å². The number of amides is 2. The first kappa shape index (κ1) is 20.0. The smallest absolute Gasteiger partial charge is 0.274 e. The molecule has 2 aliphatic rings. The maximum Gasteiger partial charge on any atom is 0.274 e. The van der Waals surface area contributed by atoms with E-state index >= 15 is 0 Å². The van der Waals surface area contributed by atoms with Crippen LogP contribution in [0.2, 0.25) is 0 Å². The minimum Gasteiger partial charge on any atom is -0.336 e. The standard InChI is InChI=1S/C20H28N6O2S/c1-3-5-17-21-16(13-29-17)19(27)26-9-6-14-15(12-26)22-23-18(14)20(28)25-8-4-7-24(2)10-11-25/h13H,3-12H2,1-2H3,(H,22,23). The lowest BCUT2D eigenvalue weighted by atomic mass is 10.0. The first-order chi connectivity index (χ1) is 14.1. The van der Waals surface area contributed by atoms with Crippen molar-refractivity contribution in [2.45, 2.75) is 39.2 Å². The molecular formula is C20H28N6O2S. The SMILES string of the molecule is CCCc1nc(C(=O)N2CCc3c(C(=O)N4CCCN(C)CC4)n[nH]c3C2)cs1. The Bertz CT molecular complexity index is 891. The molecule has 9 heteroatoms. The van der Waals surface area contributed by atoms with Gasteiger partial charge in [0.25, 0.3) is 11.8 Å². The molecule has 0 saturated carbocycles. The van der Waals surface area contributed by atoms with Gasteiger partial charge in [-0.1, -0.05) is 6.92 Å². The third kappa shape index (κ3) is 4.20. The molecule has 2 aromatic rings. The van der Waals surface area contributed by atoms with Gasteiger partial charge in [0.15, 0.2) is 5.69 Å². The van der Waals surface area contributed by atoms with Gasteiger partial charge in [-0.25, -0.2) is 4.98 Å². The molecule has 4 heterocycles. The zero-order valence-corrected chi connectivity index (χ0v) is 17.9. The highest BCUT2D eigenvalue weighted by Crippen LogP contribution is 2.24. The number of hydrogen-bond donors (Lipinski definition) is 1. The zero-order valence-electron chi connectivity index (χ0n) is 17.1. The molecule has 2 aromatic heterocycles. The molecule has 1 saturated heterocycles. The van der Waals surface area contributed by atoms with E-state index in [2.05, 4.69) is 34.1 Å². The summed E-state index contributed by atoms with van der Waals surface area (Å²) in [5.74, 6) is -0.0476. The highest BCUT2D eigenvalue weighted by Gasteiger charge is 2.30. The Morgan fingerprint density at radius 1 is 1.14 bits per heavy atom. The van der Waals surface area contributed by atoms with Crippen molar-refractivity contribution < 1.29 is 9.59 Å². The highest BCUT2D eigenvalue weighted by atomic mass is 32.1. The van der Waals surface area contributed by atoms with Crippen LogP contribution in [0, 0.1) is 0 Å². The summed E-state index contributed by atoms with van der Waals surface area (Å²) in [6.07, 6.45) is 3.54. The Labute approximate surface area is 174 Å². The van der Waals surface area contributed by atoms with Crippen LogP contribution in [0.5, 0.6) is 0 Å². The Morgan fingerprint density at radius 2 is 2.00 bits per heavy atom. The molecule has 4 rings (SSSR count). The molecule has 1 fully saturated rings. The Balaban J connectivity index is 1.45. The lowest BCUT2D eigenvalue weighted by Crippen LogP contribution is -2.38. The molecule has 29 heavy (non-hydrogen) atoms. The summed E-state index contributed by atoms with van der Waals surface area (Å²) in [7, 11) is 2.09. The molecule has 0 radical (unpaired) electrons. The predicted octanol–water partition coefficient (Wildman–Crippen LogP) is 1.79. The van der Waals surface area contributed by atoms with Crippen LogP contribution in [0.3, 0.4) is 0 Å². The van der Waals surface area contributed by atoms with Crippen molar-refractivity contribution in [3.8, 4) is 0 Å². The number of carbonyl (C=O) groups excluding carboxylic acids is 2. The second-order valence-electron chi connectivity index (χ2n) is 7.83. The van der Waals surface area contributed by atoms with E-state index in [1.54, 1.807) is 16.2 Å². The summed E-state index contributed by atoms with van der Waals surface area (Å²) in [4.78, 5) is 36.3. The summed E-state index contributed by atoms with van der Waals surface area (Å²) >= 11 is 1.55. The normalized spacial score (nSPS) is 17.9. The van der Waals surface area contributed by atoms with Crippen molar-refractivity contribution in [2.24, 2.45) is 0 Å². The number of aryl methyl sites for hydroxylation is 1. The number of nitrogens with zero attached hydrogens (tertiary/aromatic N) is 5. The zero-order chi connectivity index (χ0) is 20.4. The fraction of sp³-hybridized carbons (Fsp3) is 0.600. The van der Waals surface area contributed by atoms with Crippen molar-refractivity contribution in [3.63, 3.8) is 0 Å². The lowest BCUT2D eigenvalue weighted by molar-refractivity contribution is 0.0726. The maximum atomic E-state index is 13.0. The van der Waals surface area contributed by atoms with Gasteiger partial charge in [-0.3, -0.25) is 14.7 Å². The third-order valence-corrected chi connectivity index (χ3v) is 6.57. The van der Waals surface area contributed by atoms with Crippen molar-refractivity contribution in [1.29, 1.82) is 0 Å². The number of likely N-dealkylation sites (N-methyl/N-ethyl adjacent to an activating group) is 1. The Kier molecular flexibility index (Phi) is 5.96. The largest absolute Gasteiger partial charge is 0.336 e. The second-order valence-corrected chi connectivity index (χ2v) is 8.77. The number of thiazole rings is 1. The maximum absolute atomic E-state index is 13.0. The van der Waals surface area contributed by atoms with Crippen LogP contribution in [0.15, 0.2) is 5.38 Å². The lowest BCUT2D eigenvalue weighted by Gasteiger charge is -2.27. The van der Waals surface area contributed by atoms with E-state index in [1.165, 1.54) is 0 Å². The molecule has 0 bridgehead atoms. The molecule has 2 amide bonds. The van der Waals surface area contributed by atoms with Gasteiger partial charge in [0.1, 0.15) is 5.69 Å². The van der Waals surface area contributed by atoms with Crippen LogP contribution < -0.4 is 0 Å². The molecule has 1 N–H and O–H groups in total. The van der Waals surface area contributed by atoms with E-state index in [1.807, 2.05) is 10.3 Å². The molecule has 8 nitrogen and oxygen atoms in total. The summed E-state index contributed by atoms with van der Waals surface area (Å²) < 4.78 is 0. The van der Waals surface area contributed by atoms with E-state index in [4.69, 9.17) is 0 Å². The van der Waals surface area contributed by atoms with Crippen molar-refractivity contribution in [3.05, 3.63) is 33.0 Å². The minimum absolute atomic E-state index is 0.00119. The van der Waals surface area contributed by atoms with Gasteiger partial charge in [0.05, 0.1) is 17.2 Å². The van der Waals surface area contributed by atoms with Gasteiger partial charge < -0.3 is 14.7 Å². The summed E-state index contributed by atoms with van der Waals surface area (Å²) in [5.41, 5.74) is 2.87. The third-order valence-electron chi connectivity index (χ3n) is 5.66. The van der Waals surface area contributed by atoms with E-state index in [0.29, 0.717) is 30.9 Å². The van der Waals surface area contributed by atoms with Crippen molar-refractivity contribution in [1.82, 2.24) is 29.9 Å². The second kappa shape index (κ2) is 8.62. The van der Waals surface area contributed by atoms with E-state index in [-0.39, 0.29) is 11.8 Å². The van der Waals surface area contributed by atoms with Crippen LogP contribution in [-0.2, 0) is 19.4 Å². The van der Waals surface area contributed by atoms with E-state index < -0.39 is 0 Å². The molecule has 0 aliphatic carbocycles. The monoisotopic (exact) mass is 416 g/mol. The summed E-state index contributed by atoms with van der Waals surface area (Å²) in [5, 5.41) is 10.2. The van der Waals surface area contributed by atoms with Gasteiger partial charge >= 0.3 is 0 Å². The quantitative estimate of drug-likeness (QED) is 0.821. The number of H-pyrrole nitrogens is 1. The van der Waals surface area contributed by atoms with Crippen LogP contribution in [0.25, 0.3) is 0 Å². The highest BCUT2D eigenvalue weighted by molar-refractivity contribution is 7.09. The minimum atomic E-state index is -0.0488. The number of hydrogen-bond acceptors (Lipinski definition) is 6. The number of fused-ring (bicyclic) bond motifs is 1. The fourth-order valence-electron chi connectivity index (χ4n) is 3.97. The van der Waals surface area contributed by atoms with Crippen LogP contribution in [0.1, 0.15) is 57.0 Å². The van der Waals surface area contributed by atoms with Crippen molar-refractivity contribution >= 4 is 23.2 Å². The number of rotatable bonds is 4. The van der Waals surface area contributed by atoms with Gasteiger partial charge in [0, 0.05) is 37.1 Å². The predicted molar refractivity (Wildman–Crippen MR) is 111 cm³/mol. The molecule has 0 spiro atoms. The van der Waals surface area contributed by atoms with E-state index in [0.717, 1.165) is 61.7 Å². The first-order valence-electron chi connectivity index (χ1n) is 10.3. The number of aromatic amines is 1.